The van der Waals surface area contributed by atoms with Crippen LogP contribution in [0.3, 0.4) is 0 Å². The van der Waals surface area contributed by atoms with Crippen LogP contribution in [0.5, 0.6) is 0 Å². The van der Waals surface area contributed by atoms with Gasteiger partial charge in [-0.15, -0.1) is 0 Å². The fraction of sp³-hybridized carbons (Fsp3) is 1.00. The third-order valence-corrected chi connectivity index (χ3v) is 6.07. The number of halogens is 21. The highest BCUT2D eigenvalue weighted by Crippen LogP contribution is 2.54. The van der Waals surface area contributed by atoms with Crippen molar-refractivity contribution in [3.8, 4) is 0 Å². The third kappa shape index (κ3) is 11.6. The minimum absolute atomic E-state index is 0.436. The topological polar surface area (TPSA) is 0 Å². The van der Waals surface area contributed by atoms with Crippen LogP contribution < -0.4 is 0 Å². The summed E-state index contributed by atoms with van der Waals surface area (Å²) in [6, 6.07) is 0. The molecule has 0 aromatic rings. The van der Waals surface area contributed by atoms with E-state index in [1.807, 2.05) is 0 Å². The lowest BCUT2D eigenvalue weighted by molar-refractivity contribution is -0.356. The molecule has 0 bridgehead atoms. The number of hydrogen-bond donors (Lipinski definition) is 0. The molecular weight excluding hydrogens is 723 g/mol. The molecule has 0 aliphatic carbocycles. The molecule has 0 radical (unpaired) electrons. The molecule has 0 aromatic carbocycles. The predicted octanol–water partition coefficient (Wildman–Crippen LogP) is 10.4. The zero-order valence-electron chi connectivity index (χ0n) is 18.6. The van der Waals surface area contributed by atoms with Crippen LogP contribution in [-0.4, -0.2) is 52.8 Å². The van der Waals surface area contributed by atoms with E-state index in [0.717, 1.165) is 0 Å². The molecule has 0 aromatic heterocycles. The van der Waals surface area contributed by atoms with Crippen LogP contribution in [0.25, 0.3) is 0 Å². The van der Waals surface area contributed by atoms with Crippen molar-refractivity contribution in [3.63, 3.8) is 0 Å². The molecule has 3 unspecified atom stereocenters. The van der Waals surface area contributed by atoms with E-state index in [-0.39, 0.29) is 0 Å². The number of hydrogen-bond acceptors (Lipinski definition) is 0. The highest BCUT2D eigenvalue weighted by molar-refractivity contribution is 14.1. The highest BCUT2D eigenvalue weighted by Gasteiger charge is 2.75. The first-order valence-electron chi connectivity index (χ1n) is 10.1. The second-order valence-corrected chi connectivity index (χ2v) is 9.81. The van der Waals surface area contributed by atoms with Gasteiger partial charge >= 0.3 is 36.6 Å². The van der Waals surface area contributed by atoms with E-state index in [4.69, 9.17) is 0 Å². The Labute approximate surface area is 220 Å². The van der Waals surface area contributed by atoms with E-state index in [0.29, 0.717) is 0 Å². The zero-order chi connectivity index (χ0) is 31.7. The van der Waals surface area contributed by atoms with Crippen LogP contribution in [0.15, 0.2) is 0 Å². The molecule has 0 fully saturated rings. The second kappa shape index (κ2) is 12.3. The standard InChI is InChI=1S/C18H17F20I/c19-11(20,6-12(21,22)7-13(23,17(33,34)35)18(36,37)38)5-10(16(30,31)32)4-9(15(27,28)29)3-8(1-2-39)14(24,25)26/h8-10H,1-7H2. The molecule has 0 nitrogen and oxygen atoms in total. The first-order valence-corrected chi connectivity index (χ1v) is 11.7. The molecule has 39 heavy (non-hydrogen) atoms. The van der Waals surface area contributed by atoms with Crippen molar-refractivity contribution in [2.75, 3.05) is 4.43 Å². The molecule has 0 rings (SSSR count). The summed E-state index contributed by atoms with van der Waals surface area (Å²) in [5, 5.41) is 0. The van der Waals surface area contributed by atoms with Crippen LogP contribution in [0.4, 0.5) is 87.8 Å². The van der Waals surface area contributed by atoms with Gasteiger partial charge in [-0.2, -0.15) is 65.9 Å². The van der Waals surface area contributed by atoms with Gasteiger partial charge in [0.2, 0.25) is 0 Å². The van der Waals surface area contributed by atoms with Gasteiger partial charge in [0.1, 0.15) is 0 Å². The van der Waals surface area contributed by atoms with E-state index < -0.39 is 109 Å². The van der Waals surface area contributed by atoms with E-state index >= 15 is 0 Å². The van der Waals surface area contributed by atoms with Gasteiger partial charge in [-0.05, 0) is 19.3 Å². The lowest BCUT2D eigenvalue weighted by Crippen LogP contribution is -2.56. The Morgan fingerprint density at radius 2 is 0.795 bits per heavy atom. The van der Waals surface area contributed by atoms with Gasteiger partial charge in [0, 0.05) is 10.8 Å². The molecule has 3 atom stereocenters. The summed E-state index contributed by atoms with van der Waals surface area (Å²) in [5.74, 6) is -22.1. The summed E-state index contributed by atoms with van der Waals surface area (Å²) < 4.78 is 262. The van der Waals surface area contributed by atoms with Crippen molar-refractivity contribution in [1.29, 1.82) is 0 Å². The van der Waals surface area contributed by atoms with E-state index in [1.54, 1.807) is 0 Å². The lowest BCUT2D eigenvalue weighted by atomic mass is 9.81. The summed E-state index contributed by atoms with van der Waals surface area (Å²) in [5.41, 5.74) is -6.80. The van der Waals surface area contributed by atoms with Crippen LogP contribution in [0, 0.1) is 17.8 Å². The molecule has 0 spiro atoms. The van der Waals surface area contributed by atoms with E-state index in [2.05, 4.69) is 0 Å². The molecule has 0 aliphatic heterocycles. The zero-order valence-corrected chi connectivity index (χ0v) is 20.8. The van der Waals surface area contributed by atoms with Crippen molar-refractivity contribution in [2.45, 2.75) is 86.9 Å². The maximum atomic E-state index is 14.1. The number of alkyl halides is 21. The normalized spacial score (nSPS) is 17.8. The van der Waals surface area contributed by atoms with Crippen molar-refractivity contribution in [2.24, 2.45) is 17.8 Å². The summed E-state index contributed by atoms with van der Waals surface area (Å²) in [6.07, 6.45) is -48.0. The van der Waals surface area contributed by atoms with E-state index in [9.17, 15) is 87.8 Å². The quantitative estimate of drug-likeness (QED) is 0.106. The Morgan fingerprint density at radius 1 is 0.436 bits per heavy atom. The SMILES string of the molecule is FC(F)(CC(CC(CC(CCI)C(F)(F)F)C(F)(F)F)C(F)(F)F)CC(F)(F)CC(F)(C(F)(F)F)C(F)(F)F. The Kier molecular flexibility index (Phi) is 12.1. The van der Waals surface area contributed by atoms with Gasteiger partial charge in [-0.3, -0.25) is 0 Å². The largest absolute Gasteiger partial charge is 0.431 e. The Morgan fingerprint density at radius 3 is 1.10 bits per heavy atom. The van der Waals surface area contributed by atoms with Gasteiger partial charge in [-0.1, -0.05) is 22.6 Å². The third-order valence-electron chi connectivity index (χ3n) is 5.45. The summed E-state index contributed by atoms with van der Waals surface area (Å²) in [4.78, 5) is 0. The molecule has 0 N–H and O–H groups in total. The van der Waals surface area contributed by atoms with Crippen LogP contribution >= 0.6 is 22.6 Å². The monoisotopic (exact) mass is 740 g/mol. The number of rotatable bonds is 12. The Balaban J connectivity index is 6.14. The minimum atomic E-state index is -7.15. The molecule has 0 saturated carbocycles. The molecule has 0 heterocycles. The van der Waals surface area contributed by atoms with Crippen LogP contribution in [0.2, 0.25) is 0 Å². The molecule has 0 amide bonds. The van der Waals surface area contributed by atoms with Gasteiger partial charge in [-0.25, -0.2) is 22.0 Å². The first kappa shape index (κ1) is 38.3. The average molecular weight is 740 g/mol. The van der Waals surface area contributed by atoms with Crippen molar-refractivity contribution < 1.29 is 87.8 Å². The second-order valence-electron chi connectivity index (χ2n) is 8.73. The summed E-state index contributed by atoms with van der Waals surface area (Å²) in [6.45, 7) is 0. The Hall–Kier alpha value is -0.670. The minimum Gasteiger partial charge on any atom is -0.223 e. The average Bonchev–Trinajstić information content (AvgIpc) is 2.60. The Bertz CT molecular complexity index is 741. The fourth-order valence-electron chi connectivity index (χ4n) is 3.52. The molecule has 236 valence electrons. The van der Waals surface area contributed by atoms with Crippen molar-refractivity contribution in [3.05, 3.63) is 0 Å². The maximum absolute atomic E-state index is 14.1. The molecule has 0 aliphatic rings. The van der Waals surface area contributed by atoms with Gasteiger partial charge in [0.15, 0.2) is 0 Å². The van der Waals surface area contributed by atoms with Gasteiger partial charge in [0.25, 0.3) is 11.8 Å². The first-order chi connectivity index (χ1) is 16.8. The van der Waals surface area contributed by atoms with Crippen molar-refractivity contribution >= 4 is 22.6 Å². The summed E-state index contributed by atoms with van der Waals surface area (Å²) >= 11 is 1.30. The van der Waals surface area contributed by atoms with Gasteiger partial charge in [0.05, 0.1) is 30.6 Å². The van der Waals surface area contributed by atoms with Crippen LogP contribution in [0.1, 0.15) is 38.5 Å². The summed E-state index contributed by atoms with van der Waals surface area (Å²) in [7, 11) is 0. The lowest BCUT2D eigenvalue weighted by Gasteiger charge is -2.35. The molecule has 21 heteroatoms. The van der Waals surface area contributed by atoms with Crippen LogP contribution in [-0.2, 0) is 0 Å². The van der Waals surface area contributed by atoms with Gasteiger partial charge < -0.3 is 0 Å². The smallest absolute Gasteiger partial charge is 0.223 e. The molecular formula is C18H17F20I. The van der Waals surface area contributed by atoms with Crippen molar-refractivity contribution in [1.82, 2.24) is 0 Å². The fourth-order valence-corrected chi connectivity index (χ4v) is 4.27. The predicted molar refractivity (Wildman–Crippen MR) is 101 cm³/mol. The maximum Gasteiger partial charge on any atom is 0.431 e. The van der Waals surface area contributed by atoms with E-state index in [1.165, 1.54) is 22.6 Å². The highest BCUT2D eigenvalue weighted by atomic mass is 127. The molecule has 0 saturated heterocycles.